The predicted octanol–water partition coefficient (Wildman–Crippen LogP) is 2.05. The first kappa shape index (κ1) is 16.0. The van der Waals surface area contributed by atoms with E-state index in [1.165, 1.54) is 11.9 Å². The lowest BCUT2D eigenvalue weighted by Gasteiger charge is -2.36. The van der Waals surface area contributed by atoms with E-state index in [2.05, 4.69) is 67.4 Å². The van der Waals surface area contributed by atoms with Gasteiger partial charge in [0.05, 0.1) is 25.1 Å². The number of imidazole rings is 1. The Balaban J connectivity index is 1.41. The van der Waals surface area contributed by atoms with E-state index in [0.29, 0.717) is 5.65 Å². The number of nitrogens with one attached hydrogen (secondary N) is 2. The highest BCUT2D eigenvalue weighted by atomic mass is 16.5. The second kappa shape index (κ2) is 7.16. The van der Waals surface area contributed by atoms with Crippen LogP contribution in [0.3, 0.4) is 0 Å². The van der Waals surface area contributed by atoms with Crippen LogP contribution in [0.1, 0.15) is 12.5 Å². The van der Waals surface area contributed by atoms with Crippen molar-refractivity contribution >= 4 is 17.0 Å². The number of nitrogens with zero attached hydrogens (tertiary/aromatic N) is 4. The number of hydrogen-bond acceptors (Lipinski definition) is 6. The number of H-pyrrole nitrogens is 1. The minimum atomic E-state index is 0.102. The number of aromatic amines is 1. The molecule has 7 nitrogen and oxygen atoms in total. The Hall–Kier alpha value is -2.51. The number of ether oxygens (including phenoxy) is 1. The molecule has 3 heterocycles. The van der Waals surface area contributed by atoms with Crippen LogP contribution in [-0.2, 0) is 11.3 Å². The Morgan fingerprint density at radius 2 is 2.16 bits per heavy atom. The van der Waals surface area contributed by atoms with Gasteiger partial charge in [0.25, 0.3) is 0 Å². The number of fused-ring (bicyclic) bond motifs is 1. The van der Waals surface area contributed by atoms with Gasteiger partial charge in [0.2, 0.25) is 0 Å². The summed E-state index contributed by atoms with van der Waals surface area (Å²) < 4.78 is 6.00. The van der Waals surface area contributed by atoms with Crippen LogP contribution in [-0.4, -0.2) is 56.7 Å². The van der Waals surface area contributed by atoms with E-state index < -0.39 is 0 Å². The summed E-state index contributed by atoms with van der Waals surface area (Å²) in [6.45, 7) is 5.66. The fraction of sp³-hybridized carbons (Fsp3) is 0.389. The highest BCUT2D eigenvalue weighted by molar-refractivity contribution is 5.82. The zero-order valence-electron chi connectivity index (χ0n) is 14.2. The highest BCUT2D eigenvalue weighted by Crippen LogP contribution is 2.19. The van der Waals surface area contributed by atoms with Gasteiger partial charge in [0, 0.05) is 19.6 Å². The van der Waals surface area contributed by atoms with Gasteiger partial charge in [-0.3, -0.25) is 4.90 Å². The van der Waals surface area contributed by atoms with Crippen LogP contribution in [0.4, 0.5) is 5.82 Å². The normalized spacial score (nSPS) is 19.8. The van der Waals surface area contributed by atoms with E-state index in [1.54, 1.807) is 6.33 Å². The monoisotopic (exact) mass is 338 g/mol. The molecule has 130 valence electrons. The molecular formula is C18H22N6O. The zero-order valence-corrected chi connectivity index (χ0v) is 14.2. The molecule has 4 rings (SSSR count). The molecule has 1 fully saturated rings. The molecule has 0 spiro atoms. The molecule has 25 heavy (non-hydrogen) atoms. The molecule has 1 saturated heterocycles. The van der Waals surface area contributed by atoms with Gasteiger partial charge in [0.1, 0.15) is 11.8 Å². The lowest BCUT2D eigenvalue weighted by Crippen LogP contribution is -2.48. The van der Waals surface area contributed by atoms with Crippen molar-refractivity contribution in [2.24, 2.45) is 0 Å². The number of benzene rings is 1. The van der Waals surface area contributed by atoms with Gasteiger partial charge in [-0.05, 0) is 12.5 Å². The summed E-state index contributed by atoms with van der Waals surface area (Å²) in [4.78, 5) is 18.2. The Morgan fingerprint density at radius 3 is 3.04 bits per heavy atom. The minimum absolute atomic E-state index is 0.102. The Morgan fingerprint density at radius 1 is 1.28 bits per heavy atom. The van der Waals surface area contributed by atoms with Gasteiger partial charge in [0.15, 0.2) is 11.5 Å². The maximum Gasteiger partial charge on any atom is 0.182 e. The molecule has 2 N–H and O–H groups in total. The van der Waals surface area contributed by atoms with Crippen molar-refractivity contribution in [2.75, 3.05) is 25.0 Å². The molecule has 0 amide bonds. The molecule has 0 aliphatic carbocycles. The standard InChI is InChI=1S/C18H22N6O/c1-13(23-18-16-17(20-11-19-16)21-12-22-18)15-10-24(7-8-25-15)9-14-5-3-2-4-6-14/h2-6,11-13,15H,7-10H2,1H3,(H2,19,20,21,22,23)/t13-,15-/m1/s1. The molecule has 0 radical (unpaired) electrons. The van der Waals surface area contributed by atoms with E-state index in [9.17, 15) is 0 Å². The fourth-order valence-corrected chi connectivity index (χ4v) is 3.20. The summed E-state index contributed by atoms with van der Waals surface area (Å²) >= 11 is 0. The molecule has 1 aliphatic heterocycles. The summed E-state index contributed by atoms with van der Waals surface area (Å²) in [7, 11) is 0. The van der Waals surface area contributed by atoms with Crippen LogP contribution in [0.15, 0.2) is 43.0 Å². The van der Waals surface area contributed by atoms with Crippen molar-refractivity contribution < 1.29 is 4.74 Å². The zero-order chi connectivity index (χ0) is 17.1. The second-order valence-corrected chi connectivity index (χ2v) is 6.39. The summed E-state index contributed by atoms with van der Waals surface area (Å²) in [5, 5.41) is 3.45. The average Bonchev–Trinajstić information content (AvgIpc) is 3.13. The maximum absolute atomic E-state index is 6.00. The van der Waals surface area contributed by atoms with Crippen molar-refractivity contribution in [2.45, 2.75) is 25.6 Å². The van der Waals surface area contributed by atoms with Gasteiger partial charge in [-0.25, -0.2) is 15.0 Å². The van der Waals surface area contributed by atoms with Crippen molar-refractivity contribution in [1.29, 1.82) is 0 Å². The topological polar surface area (TPSA) is 79.0 Å². The molecule has 2 aromatic heterocycles. The average molecular weight is 338 g/mol. The first-order valence-corrected chi connectivity index (χ1v) is 8.58. The third-order valence-corrected chi connectivity index (χ3v) is 4.57. The molecule has 1 aromatic carbocycles. The van der Waals surface area contributed by atoms with E-state index in [-0.39, 0.29) is 12.1 Å². The van der Waals surface area contributed by atoms with Crippen LogP contribution in [0, 0.1) is 0 Å². The first-order valence-electron chi connectivity index (χ1n) is 8.58. The highest BCUT2D eigenvalue weighted by Gasteiger charge is 2.26. The van der Waals surface area contributed by atoms with Crippen LogP contribution >= 0.6 is 0 Å². The number of aromatic nitrogens is 4. The quantitative estimate of drug-likeness (QED) is 0.741. The SMILES string of the molecule is C[C@@H](Nc1ncnc2nc[nH]c12)[C@H]1CN(Cc2ccccc2)CCO1. The lowest BCUT2D eigenvalue weighted by molar-refractivity contribution is -0.0374. The van der Waals surface area contributed by atoms with E-state index in [4.69, 9.17) is 4.74 Å². The Labute approximate surface area is 146 Å². The summed E-state index contributed by atoms with van der Waals surface area (Å²) in [5.41, 5.74) is 2.82. The Kier molecular flexibility index (Phi) is 4.58. The van der Waals surface area contributed by atoms with Gasteiger partial charge in [-0.2, -0.15) is 0 Å². The molecule has 3 aromatic rings. The molecular weight excluding hydrogens is 316 g/mol. The number of morpholine rings is 1. The van der Waals surface area contributed by atoms with Gasteiger partial charge >= 0.3 is 0 Å². The van der Waals surface area contributed by atoms with Crippen molar-refractivity contribution in [3.63, 3.8) is 0 Å². The summed E-state index contributed by atoms with van der Waals surface area (Å²) in [5.74, 6) is 0.763. The summed E-state index contributed by atoms with van der Waals surface area (Å²) in [6.07, 6.45) is 3.26. The predicted molar refractivity (Wildman–Crippen MR) is 96.2 cm³/mol. The van der Waals surface area contributed by atoms with Gasteiger partial charge in [-0.1, -0.05) is 30.3 Å². The molecule has 1 aliphatic rings. The van der Waals surface area contributed by atoms with Crippen LogP contribution in [0.25, 0.3) is 11.2 Å². The second-order valence-electron chi connectivity index (χ2n) is 6.39. The molecule has 2 atom stereocenters. The van der Waals surface area contributed by atoms with Gasteiger partial charge in [-0.15, -0.1) is 0 Å². The smallest absolute Gasteiger partial charge is 0.182 e. The summed E-state index contributed by atoms with van der Waals surface area (Å²) in [6, 6.07) is 10.7. The third-order valence-electron chi connectivity index (χ3n) is 4.57. The number of rotatable bonds is 5. The minimum Gasteiger partial charge on any atom is -0.373 e. The van der Waals surface area contributed by atoms with Crippen LogP contribution < -0.4 is 5.32 Å². The molecule has 0 unspecified atom stereocenters. The third kappa shape index (κ3) is 3.62. The maximum atomic E-state index is 6.00. The van der Waals surface area contributed by atoms with Crippen molar-refractivity contribution in [3.05, 3.63) is 48.5 Å². The number of anilines is 1. The first-order chi connectivity index (χ1) is 12.3. The molecule has 0 bridgehead atoms. The van der Waals surface area contributed by atoms with E-state index in [0.717, 1.165) is 37.6 Å². The van der Waals surface area contributed by atoms with Crippen LogP contribution in [0.2, 0.25) is 0 Å². The van der Waals surface area contributed by atoms with E-state index in [1.807, 2.05) is 0 Å². The molecule has 7 heteroatoms. The largest absolute Gasteiger partial charge is 0.373 e. The van der Waals surface area contributed by atoms with Gasteiger partial charge < -0.3 is 15.0 Å². The number of hydrogen-bond donors (Lipinski definition) is 2. The van der Waals surface area contributed by atoms with Crippen molar-refractivity contribution in [3.8, 4) is 0 Å². The van der Waals surface area contributed by atoms with Crippen molar-refractivity contribution in [1.82, 2.24) is 24.8 Å². The lowest BCUT2D eigenvalue weighted by atomic mass is 10.1. The van der Waals surface area contributed by atoms with E-state index >= 15 is 0 Å². The fourth-order valence-electron chi connectivity index (χ4n) is 3.20. The van der Waals surface area contributed by atoms with Crippen LogP contribution in [0.5, 0.6) is 0 Å². The molecule has 0 saturated carbocycles. The Bertz CT molecular complexity index is 821.